The molecule has 0 aliphatic carbocycles. The van der Waals surface area contributed by atoms with Crippen molar-refractivity contribution in [2.75, 3.05) is 19.0 Å². The van der Waals surface area contributed by atoms with E-state index in [9.17, 15) is 4.79 Å². The number of aliphatic hydroxyl groups is 1. The molecule has 124 valence electrons. The van der Waals surface area contributed by atoms with E-state index in [2.05, 4.69) is 15.4 Å². The molecule has 2 heterocycles. The second-order valence-corrected chi connectivity index (χ2v) is 5.24. The summed E-state index contributed by atoms with van der Waals surface area (Å²) < 4.78 is 6.48. The normalized spacial score (nSPS) is 10.8. The van der Waals surface area contributed by atoms with Crippen molar-refractivity contribution < 1.29 is 14.6 Å². The van der Waals surface area contributed by atoms with E-state index in [0.29, 0.717) is 18.8 Å². The SMILES string of the molecule is COC(=O)c1nccc2c(NCc3cnn(CCO)c3)cccc12. The van der Waals surface area contributed by atoms with Gasteiger partial charge in [0.1, 0.15) is 0 Å². The van der Waals surface area contributed by atoms with E-state index < -0.39 is 5.97 Å². The van der Waals surface area contributed by atoms with Crippen LogP contribution >= 0.6 is 0 Å². The van der Waals surface area contributed by atoms with Gasteiger partial charge in [0.25, 0.3) is 0 Å². The number of aliphatic hydroxyl groups excluding tert-OH is 1. The van der Waals surface area contributed by atoms with Crippen LogP contribution in [-0.2, 0) is 17.8 Å². The van der Waals surface area contributed by atoms with Crippen molar-refractivity contribution in [1.29, 1.82) is 0 Å². The fourth-order valence-electron chi connectivity index (χ4n) is 2.54. The molecule has 0 radical (unpaired) electrons. The molecule has 0 bridgehead atoms. The molecule has 0 spiro atoms. The Labute approximate surface area is 138 Å². The lowest BCUT2D eigenvalue weighted by Crippen LogP contribution is -2.06. The second kappa shape index (κ2) is 7.10. The first-order valence-corrected chi connectivity index (χ1v) is 7.55. The molecule has 7 nitrogen and oxygen atoms in total. The average Bonchev–Trinajstić information content (AvgIpc) is 3.06. The van der Waals surface area contributed by atoms with Crippen LogP contribution in [0.4, 0.5) is 5.69 Å². The number of carbonyl (C=O) groups is 1. The van der Waals surface area contributed by atoms with Crippen molar-refractivity contribution in [2.45, 2.75) is 13.1 Å². The van der Waals surface area contributed by atoms with Gasteiger partial charge in [-0.25, -0.2) is 9.78 Å². The average molecular weight is 326 g/mol. The van der Waals surface area contributed by atoms with E-state index >= 15 is 0 Å². The van der Waals surface area contributed by atoms with Gasteiger partial charge in [-0.15, -0.1) is 0 Å². The number of pyridine rings is 1. The van der Waals surface area contributed by atoms with Gasteiger partial charge in [0.15, 0.2) is 5.69 Å². The molecule has 2 N–H and O–H groups in total. The van der Waals surface area contributed by atoms with Gasteiger partial charge in [0.2, 0.25) is 0 Å². The summed E-state index contributed by atoms with van der Waals surface area (Å²) in [6.45, 7) is 1.12. The Bertz CT molecular complexity index is 860. The molecule has 24 heavy (non-hydrogen) atoms. The fourth-order valence-corrected chi connectivity index (χ4v) is 2.54. The summed E-state index contributed by atoms with van der Waals surface area (Å²) in [4.78, 5) is 16.0. The second-order valence-electron chi connectivity index (χ2n) is 5.24. The third kappa shape index (κ3) is 3.21. The highest BCUT2D eigenvalue weighted by Gasteiger charge is 2.13. The molecule has 3 aromatic rings. The number of carbonyl (C=O) groups excluding carboxylic acids is 1. The summed E-state index contributed by atoms with van der Waals surface area (Å²) in [5.74, 6) is -0.456. The number of esters is 1. The van der Waals surface area contributed by atoms with Crippen LogP contribution in [0.2, 0.25) is 0 Å². The summed E-state index contributed by atoms with van der Waals surface area (Å²) in [5.41, 5.74) is 2.20. The number of methoxy groups -OCH3 is 1. The van der Waals surface area contributed by atoms with Gasteiger partial charge in [-0.2, -0.15) is 5.10 Å². The van der Waals surface area contributed by atoms with Crippen LogP contribution in [-0.4, -0.2) is 39.6 Å². The molecule has 0 atom stereocenters. The van der Waals surface area contributed by atoms with Crippen LogP contribution in [0, 0.1) is 0 Å². The van der Waals surface area contributed by atoms with Crippen molar-refractivity contribution in [3.63, 3.8) is 0 Å². The van der Waals surface area contributed by atoms with Crippen LogP contribution in [0.25, 0.3) is 10.8 Å². The first-order chi connectivity index (χ1) is 11.7. The molecule has 0 saturated carbocycles. The molecule has 0 saturated heterocycles. The molecule has 1 aromatic carbocycles. The van der Waals surface area contributed by atoms with Gasteiger partial charge in [0.05, 0.1) is 26.5 Å². The first-order valence-electron chi connectivity index (χ1n) is 7.55. The third-order valence-electron chi connectivity index (χ3n) is 3.68. The molecule has 0 amide bonds. The minimum absolute atomic E-state index is 0.0567. The van der Waals surface area contributed by atoms with Gasteiger partial charge >= 0.3 is 5.97 Å². The molecule has 0 unspecified atom stereocenters. The maximum Gasteiger partial charge on any atom is 0.357 e. The summed E-state index contributed by atoms with van der Waals surface area (Å²) >= 11 is 0. The van der Waals surface area contributed by atoms with E-state index in [1.807, 2.05) is 30.5 Å². The van der Waals surface area contributed by atoms with Crippen molar-refractivity contribution in [3.8, 4) is 0 Å². The smallest absolute Gasteiger partial charge is 0.357 e. The van der Waals surface area contributed by atoms with Crippen LogP contribution in [0.3, 0.4) is 0 Å². The highest BCUT2D eigenvalue weighted by molar-refractivity contribution is 6.06. The number of fused-ring (bicyclic) bond motifs is 1. The van der Waals surface area contributed by atoms with Crippen molar-refractivity contribution in [2.24, 2.45) is 0 Å². The third-order valence-corrected chi connectivity index (χ3v) is 3.68. The maximum atomic E-state index is 11.8. The first kappa shape index (κ1) is 15.9. The van der Waals surface area contributed by atoms with Gasteiger partial charge < -0.3 is 15.2 Å². The number of rotatable bonds is 6. The predicted molar refractivity (Wildman–Crippen MR) is 89.7 cm³/mol. The Morgan fingerprint density at radius 3 is 3.00 bits per heavy atom. The fraction of sp³-hybridized carbons (Fsp3) is 0.235. The van der Waals surface area contributed by atoms with Crippen LogP contribution < -0.4 is 5.32 Å². The Morgan fingerprint density at radius 1 is 1.33 bits per heavy atom. The van der Waals surface area contributed by atoms with Crippen molar-refractivity contribution >= 4 is 22.4 Å². The number of benzene rings is 1. The largest absolute Gasteiger partial charge is 0.464 e. The Morgan fingerprint density at radius 2 is 2.21 bits per heavy atom. The molecular formula is C17H18N4O3. The van der Waals surface area contributed by atoms with Crippen LogP contribution in [0.15, 0.2) is 42.9 Å². The van der Waals surface area contributed by atoms with E-state index in [0.717, 1.165) is 22.0 Å². The number of nitrogens with zero attached hydrogens (tertiary/aromatic N) is 3. The standard InChI is InChI=1S/C17H18N4O3/c1-24-17(23)16-14-3-2-4-15(13(14)5-6-18-16)19-9-12-10-20-21(11-12)7-8-22/h2-6,10-11,19,22H,7-9H2,1H3. The highest BCUT2D eigenvalue weighted by atomic mass is 16.5. The monoisotopic (exact) mass is 326 g/mol. The number of nitrogens with one attached hydrogen (secondary N) is 1. The Kier molecular flexibility index (Phi) is 4.72. The number of hydrogen-bond acceptors (Lipinski definition) is 6. The lowest BCUT2D eigenvalue weighted by Gasteiger charge is -2.10. The lowest BCUT2D eigenvalue weighted by atomic mass is 10.1. The molecule has 3 rings (SSSR count). The molecular weight excluding hydrogens is 308 g/mol. The van der Waals surface area contributed by atoms with Crippen molar-refractivity contribution in [3.05, 3.63) is 54.1 Å². The van der Waals surface area contributed by atoms with E-state index in [-0.39, 0.29) is 6.61 Å². The van der Waals surface area contributed by atoms with Gasteiger partial charge in [0, 0.05) is 41.0 Å². The zero-order chi connectivity index (χ0) is 16.9. The van der Waals surface area contributed by atoms with Crippen LogP contribution in [0.5, 0.6) is 0 Å². The highest BCUT2D eigenvalue weighted by Crippen LogP contribution is 2.25. The molecule has 2 aromatic heterocycles. The topological polar surface area (TPSA) is 89.3 Å². The Hall–Kier alpha value is -2.93. The number of ether oxygens (including phenoxy) is 1. The summed E-state index contributed by atoms with van der Waals surface area (Å²) in [5, 5.41) is 18.1. The minimum atomic E-state index is -0.456. The summed E-state index contributed by atoms with van der Waals surface area (Å²) in [6.07, 6.45) is 5.24. The van der Waals surface area contributed by atoms with Gasteiger partial charge in [-0.1, -0.05) is 12.1 Å². The van der Waals surface area contributed by atoms with Crippen LogP contribution in [0.1, 0.15) is 16.1 Å². The summed E-state index contributed by atoms with van der Waals surface area (Å²) in [6, 6.07) is 7.52. The number of hydrogen-bond donors (Lipinski definition) is 2. The quantitative estimate of drug-likeness (QED) is 0.672. The molecule has 0 fully saturated rings. The van der Waals surface area contributed by atoms with Gasteiger partial charge in [-0.05, 0) is 12.1 Å². The zero-order valence-corrected chi connectivity index (χ0v) is 13.3. The molecule has 0 aliphatic heterocycles. The maximum absolute atomic E-state index is 11.8. The lowest BCUT2D eigenvalue weighted by molar-refractivity contribution is 0.0596. The predicted octanol–water partition coefficient (Wildman–Crippen LogP) is 1.82. The molecule has 0 aliphatic rings. The van der Waals surface area contributed by atoms with E-state index in [1.54, 1.807) is 17.1 Å². The van der Waals surface area contributed by atoms with Gasteiger partial charge in [-0.3, -0.25) is 4.68 Å². The number of aromatic nitrogens is 3. The zero-order valence-electron chi connectivity index (χ0n) is 13.3. The summed E-state index contributed by atoms with van der Waals surface area (Å²) in [7, 11) is 1.34. The van der Waals surface area contributed by atoms with E-state index in [4.69, 9.17) is 9.84 Å². The van der Waals surface area contributed by atoms with Crippen molar-refractivity contribution in [1.82, 2.24) is 14.8 Å². The van der Waals surface area contributed by atoms with E-state index in [1.165, 1.54) is 7.11 Å². The molecule has 7 heteroatoms. The Balaban J connectivity index is 1.85. The number of anilines is 1. The minimum Gasteiger partial charge on any atom is -0.464 e.